The van der Waals surface area contributed by atoms with Crippen molar-refractivity contribution in [2.45, 2.75) is 18.5 Å². The number of esters is 2. The van der Waals surface area contributed by atoms with E-state index in [4.69, 9.17) is 0 Å². The van der Waals surface area contributed by atoms with Crippen molar-refractivity contribution >= 4 is 23.8 Å². The number of benzene rings is 2. The molecular formula is C20H8F9NO5. The molecule has 2 aromatic carbocycles. The Morgan fingerprint density at radius 2 is 1.03 bits per heavy atom. The number of imide groups is 1. The van der Waals surface area contributed by atoms with E-state index in [-0.39, 0.29) is 16.0 Å². The maximum Gasteiger partial charge on any atom is 0.416 e. The third kappa shape index (κ3) is 5.27. The highest BCUT2D eigenvalue weighted by molar-refractivity contribution is 6.21. The molecule has 2 aromatic rings. The predicted molar refractivity (Wildman–Crippen MR) is 94.1 cm³/mol. The van der Waals surface area contributed by atoms with Crippen molar-refractivity contribution in [3.63, 3.8) is 0 Å². The lowest BCUT2D eigenvalue weighted by Gasteiger charge is -2.15. The summed E-state index contributed by atoms with van der Waals surface area (Å²) in [5, 5.41) is 0. The molecule has 0 radical (unpaired) electrons. The van der Waals surface area contributed by atoms with Crippen molar-refractivity contribution in [1.29, 1.82) is 0 Å². The summed E-state index contributed by atoms with van der Waals surface area (Å²) in [5.41, 5.74) is -3.79. The molecule has 0 N–H and O–H groups in total. The van der Waals surface area contributed by atoms with Crippen LogP contribution in [0.4, 0.5) is 39.5 Å². The summed E-state index contributed by atoms with van der Waals surface area (Å²) in [4.78, 5) is 44.9. The van der Waals surface area contributed by atoms with Gasteiger partial charge in [-0.1, -0.05) is 0 Å². The van der Waals surface area contributed by atoms with E-state index in [1.54, 1.807) is 0 Å². The molecule has 2 aliphatic rings. The second-order valence-corrected chi connectivity index (χ2v) is 7.00. The quantitative estimate of drug-likeness (QED) is 0.235. The zero-order valence-electron chi connectivity index (χ0n) is 16.6. The van der Waals surface area contributed by atoms with Crippen LogP contribution in [0.25, 0.3) is 0 Å². The first-order valence-electron chi connectivity index (χ1n) is 9.02. The number of rotatable bonds is 1. The van der Waals surface area contributed by atoms with Crippen LogP contribution in [0.15, 0.2) is 36.4 Å². The van der Waals surface area contributed by atoms with Gasteiger partial charge in [0.15, 0.2) is 0 Å². The van der Waals surface area contributed by atoms with E-state index in [0.717, 1.165) is 12.1 Å². The SMILES string of the molecule is O=C1OC(=O)c2cc(C(F)(F)F)ccc21.O=C1c2ccc(C(F)(F)F)cc2C(=O)N1CC(F)(F)F. The lowest BCUT2D eigenvalue weighted by molar-refractivity contribution is -0.138. The van der Waals surface area contributed by atoms with Crippen LogP contribution in [0.1, 0.15) is 52.6 Å². The largest absolute Gasteiger partial charge is 0.416 e. The van der Waals surface area contributed by atoms with E-state index in [1.807, 2.05) is 0 Å². The second-order valence-electron chi connectivity index (χ2n) is 7.00. The summed E-state index contributed by atoms with van der Waals surface area (Å²) in [6.07, 6.45) is -14.1. The standard InChI is InChI=1S/C11H5F6NO2.C9H3F3O3/c12-10(13,14)4-18-8(19)6-2-1-5(11(15,16)17)3-7(6)9(18)20;10-9(11,12)4-1-2-5-6(3-4)8(14)15-7(5)13/h1-3H,4H2;1-3H. The number of hydrogen-bond acceptors (Lipinski definition) is 5. The van der Waals surface area contributed by atoms with Crippen molar-refractivity contribution in [1.82, 2.24) is 4.90 Å². The Kier molecular flexibility index (Phi) is 6.16. The zero-order valence-corrected chi connectivity index (χ0v) is 16.6. The Balaban J connectivity index is 0.000000203. The Labute approximate surface area is 187 Å². The molecule has 0 saturated carbocycles. The average molecular weight is 513 g/mol. The van der Waals surface area contributed by atoms with Gasteiger partial charge in [0, 0.05) is 0 Å². The summed E-state index contributed by atoms with van der Waals surface area (Å²) in [7, 11) is 0. The van der Waals surface area contributed by atoms with E-state index >= 15 is 0 Å². The topological polar surface area (TPSA) is 80.8 Å². The minimum atomic E-state index is -4.82. The summed E-state index contributed by atoms with van der Waals surface area (Å²) >= 11 is 0. The molecule has 0 saturated heterocycles. The first-order valence-corrected chi connectivity index (χ1v) is 9.02. The van der Waals surface area contributed by atoms with Crippen molar-refractivity contribution in [2.24, 2.45) is 0 Å². The molecular weight excluding hydrogens is 505 g/mol. The molecule has 0 unspecified atom stereocenters. The number of amides is 2. The molecule has 0 atom stereocenters. The summed E-state index contributed by atoms with van der Waals surface area (Å²) in [6.45, 7) is -1.83. The normalized spacial score (nSPS) is 15.5. The first-order chi connectivity index (χ1) is 15.9. The van der Waals surface area contributed by atoms with Gasteiger partial charge in [-0.05, 0) is 36.4 Å². The van der Waals surface area contributed by atoms with E-state index in [1.165, 1.54) is 0 Å². The van der Waals surface area contributed by atoms with Gasteiger partial charge in [-0.3, -0.25) is 14.5 Å². The third-order valence-electron chi connectivity index (χ3n) is 4.61. The number of carbonyl (C=O) groups is 4. The molecule has 15 heteroatoms. The number of carbonyl (C=O) groups excluding carboxylic acids is 4. The molecule has 0 bridgehead atoms. The molecule has 6 nitrogen and oxygen atoms in total. The van der Waals surface area contributed by atoms with Crippen LogP contribution < -0.4 is 0 Å². The van der Waals surface area contributed by atoms with Crippen LogP contribution in [0.5, 0.6) is 0 Å². The van der Waals surface area contributed by atoms with E-state index in [2.05, 4.69) is 4.74 Å². The highest BCUT2D eigenvalue weighted by Crippen LogP contribution is 2.34. The van der Waals surface area contributed by atoms with Gasteiger partial charge in [-0.15, -0.1) is 0 Å². The molecule has 2 heterocycles. The highest BCUT2D eigenvalue weighted by Gasteiger charge is 2.44. The predicted octanol–water partition coefficient (Wildman–Crippen LogP) is 4.88. The Morgan fingerprint density at radius 3 is 1.51 bits per heavy atom. The minimum absolute atomic E-state index is 0.120. The van der Waals surface area contributed by atoms with Crippen molar-refractivity contribution in [3.05, 3.63) is 69.8 Å². The van der Waals surface area contributed by atoms with E-state index in [0.29, 0.717) is 24.3 Å². The summed E-state index contributed by atoms with van der Waals surface area (Å²) < 4.78 is 115. The Morgan fingerprint density at radius 1 is 0.600 bits per heavy atom. The fourth-order valence-corrected chi connectivity index (χ4v) is 3.05. The number of alkyl halides is 9. The number of hydrogen-bond donors (Lipinski definition) is 0. The molecule has 4 rings (SSSR count). The Hall–Kier alpha value is -3.91. The number of nitrogens with zero attached hydrogens (tertiary/aromatic N) is 1. The van der Waals surface area contributed by atoms with Crippen LogP contribution in [0, 0.1) is 0 Å². The van der Waals surface area contributed by atoms with Gasteiger partial charge in [0.05, 0.1) is 33.4 Å². The molecule has 2 aliphatic heterocycles. The smallest absolute Gasteiger partial charge is 0.386 e. The highest BCUT2D eigenvalue weighted by atomic mass is 19.4. The summed E-state index contributed by atoms with van der Waals surface area (Å²) in [6, 6.07) is 3.91. The average Bonchev–Trinajstić information content (AvgIpc) is 3.14. The molecule has 0 fully saturated rings. The van der Waals surface area contributed by atoms with Crippen molar-refractivity contribution in [3.8, 4) is 0 Å². The van der Waals surface area contributed by atoms with Crippen LogP contribution in [0.3, 0.4) is 0 Å². The number of ether oxygens (including phenoxy) is 1. The van der Waals surface area contributed by atoms with Gasteiger partial charge in [0.2, 0.25) is 0 Å². The molecule has 0 spiro atoms. The Bertz CT molecular complexity index is 1250. The van der Waals surface area contributed by atoms with Crippen molar-refractivity contribution < 1.29 is 63.4 Å². The second kappa shape index (κ2) is 8.39. The van der Waals surface area contributed by atoms with Crippen LogP contribution in [0.2, 0.25) is 0 Å². The van der Waals surface area contributed by atoms with Crippen molar-refractivity contribution in [2.75, 3.05) is 6.54 Å². The van der Waals surface area contributed by atoms with Gasteiger partial charge in [-0.25, -0.2) is 9.59 Å². The fourth-order valence-electron chi connectivity index (χ4n) is 3.05. The van der Waals surface area contributed by atoms with Gasteiger partial charge in [0.1, 0.15) is 6.54 Å². The first kappa shape index (κ1) is 25.7. The molecule has 0 aliphatic carbocycles. The third-order valence-corrected chi connectivity index (χ3v) is 4.61. The summed E-state index contributed by atoms with van der Waals surface area (Å²) in [5.74, 6) is -4.59. The van der Waals surface area contributed by atoms with Gasteiger partial charge < -0.3 is 4.74 Å². The maximum absolute atomic E-state index is 12.5. The van der Waals surface area contributed by atoms with E-state index in [9.17, 15) is 58.7 Å². The fraction of sp³-hybridized carbons (Fsp3) is 0.200. The van der Waals surface area contributed by atoms with Gasteiger partial charge in [0.25, 0.3) is 11.8 Å². The minimum Gasteiger partial charge on any atom is -0.386 e. The lowest BCUT2D eigenvalue weighted by atomic mass is 10.1. The molecule has 186 valence electrons. The van der Waals surface area contributed by atoms with Crippen LogP contribution in [-0.4, -0.2) is 41.4 Å². The van der Waals surface area contributed by atoms with Gasteiger partial charge in [-0.2, -0.15) is 39.5 Å². The monoisotopic (exact) mass is 513 g/mol. The van der Waals surface area contributed by atoms with E-state index < -0.39 is 71.1 Å². The molecule has 2 amide bonds. The van der Waals surface area contributed by atoms with Crippen LogP contribution >= 0.6 is 0 Å². The van der Waals surface area contributed by atoms with Gasteiger partial charge >= 0.3 is 30.5 Å². The lowest BCUT2D eigenvalue weighted by Crippen LogP contribution is -2.38. The maximum atomic E-state index is 12.5. The van der Waals surface area contributed by atoms with Crippen LogP contribution in [-0.2, 0) is 17.1 Å². The zero-order chi connectivity index (χ0) is 26.5. The molecule has 35 heavy (non-hydrogen) atoms. The number of cyclic esters (lactones) is 2. The molecule has 0 aromatic heterocycles. The number of fused-ring (bicyclic) bond motifs is 2. The number of halogens is 9.